The summed E-state index contributed by atoms with van der Waals surface area (Å²) in [5.74, 6) is -1.87. The van der Waals surface area contributed by atoms with Crippen LogP contribution < -0.4 is 10.9 Å². The van der Waals surface area contributed by atoms with Gasteiger partial charge in [-0.1, -0.05) is 0 Å². The van der Waals surface area contributed by atoms with Crippen molar-refractivity contribution in [2.75, 3.05) is 20.1 Å². The van der Waals surface area contributed by atoms with Gasteiger partial charge in [0.2, 0.25) is 5.91 Å². The summed E-state index contributed by atoms with van der Waals surface area (Å²) in [4.78, 5) is 32.9. The molecule has 0 spiro atoms. The van der Waals surface area contributed by atoms with E-state index in [0.29, 0.717) is 0 Å². The number of hydrogen-bond donors (Lipinski definition) is 3. The number of nitrogens with one attached hydrogen (secondary N) is 2. The van der Waals surface area contributed by atoms with Gasteiger partial charge in [0.05, 0.1) is 13.1 Å². The van der Waals surface area contributed by atoms with Gasteiger partial charge in [-0.2, -0.15) is 0 Å². The quantitative estimate of drug-likeness (QED) is 0.467. The Morgan fingerprint density at radius 3 is 2.21 bits per heavy atom. The zero-order chi connectivity index (χ0) is 11.1. The lowest BCUT2D eigenvalue weighted by atomic mass is 10.5. The molecule has 0 rings (SSSR count). The maximum atomic E-state index is 11.0. The van der Waals surface area contributed by atoms with Crippen LogP contribution in [0.4, 0.5) is 0 Å². The minimum Gasteiger partial charge on any atom is -0.480 e. The predicted octanol–water partition coefficient (Wildman–Crippen LogP) is -1.83. The fourth-order valence-electron chi connectivity index (χ4n) is 0.729. The molecule has 7 nitrogen and oxygen atoms in total. The van der Waals surface area contributed by atoms with Crippen molar-refractivity contribution in [3.8, 4) is 0 Å². The van der Waals surface area contributed by atoms with Crippen molar-refractivity contribution < 1.29 is 19.5 Å². The molecule has 0 aromatic heterocycles. The summed E-state index contributed by atoms with van der Waals surface area (Å²) < 4.78 is 0. The lowest BCUT2D eigenvalue weighted by molar-refractivity contribution is -0.138. The van der Waals surface area contributed by atoms with Gasteiger partial charge in [0, 0.05) is 6.92 Å². The van der Waals surface area contributed by atoms with E-state index in [4.69, 9.17) is 5.11 Å². The average Bonchev–Trinajstić information content (AvgIpc) is 1.98. The third-order valence-electron chi connectivity index (χ3n) is 1.20. The lowest BCUT2D eigenvalue weighted by Crippen LogP contribution is -2.45. The van der Waals surface area contributed by atoms with Gasteiger partial charge in [-0.15, -0.1) is 0 Å². The smallest absolute Gasteiger partial charge is 0.317 e. The minimum absolute atomic E-state index is 0.0907. The standard InChI is InChI=1S/C7H13N3O4/c1-5(11)8-9-6(12)3-10(2)4-7(13)14/h3-4H2,1-2H3,(H,8,11)(H,9,12)(H,13,14). The summed E-state index contributed by atoms with van der Waals surface area (Å²) in [7, 11) is 1.49. The molecule has 80 valence electrons. The summed E-state index contributed by atoms with van der Waals surface area (Å²) in [5.41, 5.74) is 4.20. The van der Waals surface area contributed by atoms with Crippen LogP contribution in [0.25, 0.3) is 0 Å². The van der Waals surface area contributed by atoms with Crippen molar-refractivity contribution in [3.05, 3.63) is 0 Å². The lowest BCUT2D eigenvalue weighted by Gasteiger charge is -2.13. The number of carboxylic acids is 1. The number of carbonyl (C=O) groups is 3. The van der Waals surface area contributed by atoms with Gasteiger partial charge in [0.1, 0.15) is 0 Å². The number of carboxylic acid groups (broad SMARTS) is 1. The van der Waals surface area contributed by atoms with Crippen LogP contribution in [0.3, 0.4) is 0 Å². The number of hydrogen-bond acceptors (Lipinski definition) is 4. The van der Waals surface area contributed by atoms with Gasteiger partial charge in [0.25, 0.3) is 5.91 Å². The number of amides is 2. The summed E-state index contributed by atoms with van der Waals surface area (Å²) >= 11 is 0. The Kier molecular flexibility index (Phi) is 5.23. The van der Waals surface area contributed by atoms with E-state index < -0.39 is 11.9 Å². The van der Waals surface area contributed by atoms with Crippen LogP contribution in [-0.4, -0.2) is 47.9 Å². The van der Waals surface area contributed by atoms with E-state index in [-0.39, 0.29) is 19.0 Å². The molecule has 0 bridgehead atoms. The Morgan fingerprint density at radius 1 is 1.21 bits per heavy atom. The van der Waals surface area contributed by atoms with E-state index in [1.165, 1.54) is 18.9 Å². The number of aliphatic carboxylic acids is 1. The zero-order valence-electron chi connectivity index (χ0n) is 8.03. The highest BCUT2D eigenvalue weighted by Crippen LogP contribution is 1.80. The van der Waals surface area contributed by atoms with Crippen LogP contribution in [0.1, 0.15) is 6.92 Å². The molecule has 0 aliphatic carbocycles. The van der Waals surface area contributed by atoms with Gasteiger partial charge in [0.15, 0.2) is 0 Å². The molecule has 0 heterocycles. The largest absolute Gasteiger partial charge is 0.480 e. The highest BCUT2D eigenvalue weighted by atomic mass is 16.4. The van der Waals surface area contributed by atoms with Gasteiger partial charge < -0.3 is 5.11 Å². The van der Waals surface area contributed by atoms with Gasteiger partial charge in [-0.25, -0.2) is 0 Å². The van der Waals surface area contributed by atoms with Crippen molar-refractivity contribution >= 4 is 17.8 Å². The second-order valence-corrected chi connectivity index (χ2v) is 2.80. The summed E-state index contributed by atoms with van der Waals surface area (Å²) in [5, 5.41) is 8.37. The number of carbonyl (C=O) groups excluding carboxylic acids is 2. The molecule has 0 aliphatic rings. The third-order valence-corrected chi connectivity index (χ3v) is 1.20. The normalized spacial score (nSPS) is 9.64. The van der Waals surface area contributed by atoms with Gasteiger partial charge >= 0.3 is 5.97 Å². The van der Waals surface area contributed by atoms with Crippen LogP contribution in [0, 0.1) is 0 Å². The van der Waals surface area contributed by atoms with Crippen LogP contribution in [0.5, 0.6) is 0 Å². The summed E-state index contributed by atoms with van der Waals surface area (Å²) in [6.45, 7) is 0.932. The molecule has 14 heavy (non-hydrogen) atoms. The molecule has 0 aromatic rings. The van der Waals surface area contributed by atoms with Crippen LogP contribution in [-0.2, 0) is 14.4 Å². The fraction of sp³-hybridized carbons (Fsp3) is 0.571. The Balaban J connectivity index is 3.71. The minimum atomic E-state index is -1.01. The van der Waals surface area contributed by atoms with Crippen molar-refractivity contribution in [3.63, 3.8) is 0 Å². The summed E-state index contributed by atoms with van der Waals surface area (Å²) in [6.07, 6.45) is 0. The van der Waals surface area contributed by atoms with Gasteiger partial charge in [-0.05, 0) is 7.05 Å². The molecular formula is C7H13N3O4. The number of hydrazine groups is 1. The zero-order valence-corrected chi connectivity index (χ0v) is 8.03. The van der Waals surface area contributed by atoms with Crippen LogP contribution in [0.2, 0.25) is 0 Å². The molecule has 0 aliphatic heterocycles. The number of rotatable bonds is 4. The average molecular weight is 203 g/mol. The first-order valence-electron chi connectivity index (χ1n) is 3.87. The summed E-state index contributed by atoms with van der Waals surface area (Å²) in [6, 6.07) is 0. The molecule has 0 aromatic carbocycles. The van der Waals surface area contributed by atoms with Crippen molar-refractivity contribution in [1.82, 2.24) is 15.8 Å². The van der Waals surface area contributed by atoms with E-state index in [0.717, 1.165) is 0 Å². The Morgan fingerprint density at radius 2 is 1.79 bits per heavy atom. The molecule has 7 heteroatoms. The molecule has 0 saturated heterocycles. The Hall–Kier alpha value is -1.63. The van der Waals surface area contributed by atoms with E-state index >= 15 is 0 Å². The maximum absolute atomic E-state index is 11.0. The highest BCUT2D eigenvalue weighted by Gasteiger charge is 2.09. The number of likely N-dealkylation sites (N-methyl/N-ethyl adjacent to an activating group) is 1. The molecule has 0 fully saturated rings. The monoisotopic (exact) mass is 203 g/mol. The van der Waals surface area contributed by atoms with Crippen molar-refractivity contribution in [2.45, 2.75) is 6.92 Å². The fourth-order valence-corrected chi connectivity index (χ4v) is 0.729. The SMILES string of the molecule is CC(=O)NNC(=O)CN(C)CC(=O)O. The van der Waals surface area contributed by atoms with E-state index in [2.05, 4.69) is 10.9 Å². The molecule has 3 N–H and O–H groups in total. The van der Waals surface area contributed by atoms with Crippen LogP contribution >= 0.6 is 0 Å². The first-order valence-corrected chi connectivity index (χ1v) is 3.87. The van der Waals surface area contributed by atoms with E-state index in [9.17, 15) is 14.4 Å². The molecule has 2 amide bonds. The highest BCUT2D eigenvalue weighted by molar-refractivity contribution is 5.82. The van der Waals surface area contributed by atoms with Crippen molar-refractivity contribution in [1.29, 1.82) is 0 Å². The van der Waals surface area contributed by atoms with Gasteiger partial charge in [-0.3, -0.25) is 30.1 Å². The number of nitrogens with zero attached hydrogens (tertiary/aromatic N) is 1. The Labute approximate surface area is 81.0 Å². The second kappa shape index (κ2) is 5.92. The van der Waals surface area contributed by atoms with E-state index in [1.54, 1.807) is 0 Å². The molecule has 0 unspecified atom stereocenters. The van der Waals surface area contributed by atoms with Crippen molar-refractivity contribution in [2.24, 2.45) is 0 Å². The first-order chi connectivity index (χ1) is 6.41. The predicted molar refractivity (Wildman–Crippen MR) is 47.1 cm³/mol. The molecule has 0 atom stereocenters. The first kappa shape index (κ1) is 12.4. The molecule has 0 radical (unpaired) electrons. The van der Waals surface area contributed by atoms with Crippen LogP contribution in [0.15, 0.2) is 0 Å². The Bertz CT molecular complexity index is 241. The van der Waals surface area contributed by atoms with E-state index in [1.807, 2.05) is 0 Å². The second-order valence-electron chi connectivity index (χ2n) is 2.80. The molecule has 0 saturated carbocycles. The topological polar surface area (TPSA) is 98.7 Å². The third kappa shape index (κ3) is 7.04. The molecular weight excluding hydrogens is 190 g/mol. The maximum Gasteiger partial charge on any atom is 0.317 e.